The molecular formula is C13H12ClNO2. The van der Waals surface area contributed by atoms with Gasteiger partial charge in [-0.05, 0) is 12.5 Å². The second-order valence-corrected chi connectivity index (χ2v) is 4.12. The van der Waals surface area contributed by atoms with E-state index in [4.69, 9.17) is 16.3 Å². The Morgan fingerprint density at radius 2 is 2.06 bits per heavy atom. The van der Waals surface area contributed by atoms with Gasteiger partial charge in [-0.15, -0.1) is 0 Å². The van der Waals surface area contributed by atoms with E-state index in [1.165, 1.54) is 0 Å². The molecule has 4 heteroatoms. The lowest BCUT2D eigenvalue weighted by molar-refractivity contribution is -0.114. The number of ether oxygens (including phenoxy) is 1. The Morgan fingerprint density at radius 1 is 1.35 bits per heavy atom. The maximum Gasteiger partial charge on any atom is 0.199 e. The summed E-state index contributed by atoms with van der Waals surface area (Å²) in [6, 6.07) is 9.70. The van der Waals surface area contributed by atoms with Crippen LogP contribution >= 0.6 is 11.6 Å². The van der Waals surface area contributed by atoms with Gasteiger partial charge in [0.1, 0.15) is 18.2 Å². The first kappa shape index (κ1) is 11.9. The molecule has 0 saturated heterocycles. The summed E-state index contributed by atoms with van der Waals surface area (Å²) in [6.07, 6.45) is 0. The van der Waals surface area contributed by atoms with Crippen molar-refractivity contribution in [2.45, 2.75) is 13.5 Å². The molecule has 0 aromatic heterocycles. The average Bonchev–Trinajstić information content (AvgIpc) is 2.35. The van der Waals surface area contributed by atoms with Crippen LogP contribution in [0.2, 0.25) is 0 Å². The van der Waals surface area contributed by atoms with E-state index in [1.807, 2.05) is 30.3 Å². The summed E-state index contributed by atoms with van der Waals surface area (Å²) in [5.41, 5.74) is 1.70. The first-order valence-electron chi connectivity index (χ1n) is 5.29. The SMILES string of the molecule is CC1=NCC(=O)C(Cl)=C1OCc1ccccc1. The van der Waals surface area contributed by atoms with E-state index in [0.717, 1.165) is 5.56 Å². The highest BCUT2D eigenvalue weighted by Crippen LogP contribution is 2.20. The van der Waals surface area contributed by atoms with Gasteiger partial charge in [0.05, 0.1) is 5.71 Å². The van der Waals surface area contributed by atoms with Gasteiger partial charge in [0.25, 0.3) is 0 Å². The van der Waals surface area contributed by atoms with Gasteiger partial charge in [-0.2, -0.15) is 0 Å². The molecule has 1 aromatic carbocycles. The number of aliphatic imine (C=N–C) groups is 1. The minimum Gasteiger partial charge on any atom is -0.485 e. The van der Waals surface area contributed by atoms with Crippen LogP contribution in [0.15, 0.2) is 46.1 Å². The summed E-state index contributed by atoms with van der Waals surface area (Å²) in [6.45, 7) is 2.28. The van der Waals surface area contributed by atoms with Crippen LogP contribution in [0.3, 0.4) is 0 Å². The summed E-state index contributed by atoms with van der Waals surface area (Å²) in [7, 11) is 0. The molecule has 1 aliphatic heterocycles. The van der Waals surface area contributed by atoms with Crippen molar-refractivity contribution in [3.05, 3.63) is 46.7 Å². The second kappa shape index (κ2) is 5.15. The summed E-state index contributed by atoms with van der Waals surface area (Å²) < 4.78 is 5.56. The first-order valence-corrected chi connectivity index (χ1v) is 5.67. The lowest BCUT2D eigenvalue weighted by Crippen LogP contribution is -2.18. The number of hydrogen-bond acceptors (Lipinski definition) is 3. The molecular weight excluding hydrogens is 238 g/mol. The zero-order valence-corrected chi connectivity index (χ0v) is 10.2. The Kier molecular flexibility index (Phi) is 3.59. The Labute approximate surface area is 105 Å². The Morgan fingerprint density at radius 3 is 2.76 bits per heavy atom. The minimum absolute atomic E-state index is 0.114. The van der Waals surface area contributed by atoms with Gasteiger partial charge in [0.15, 0.2) is 11.5 Å². The van der Waals surface area contributed by atoms with E-state index in [9.17, 15) is 4.79 Å². The summed E-state index contributed by atoms with van der Waals surface area (Å²) in [5.74, 6) is 0.201. The summed E-state index contributed by atoms with van der Waals surface area (Å²) >= 11 is 5.92. The molecule has 1 heterocycles. The fraction of sp³-hybridized carbons (Fsp3) is 0.231. The molecule has 1 aliphatic rings. The number of rotatable bonds is 3. The molecule has 1 aromatic rings. The normalized spacial score (nSPS) is 15.9. The van der Waals surface area contributed by atoms with Gasteiger partial charge in [0, 0.05) is 0 Å². The number of carbonyl (C=O) groups excluding carboxylic acids is 1. The van der Waals surface area contributed by atoms with Crippen molar-refractivity contribution in [2.75, 3.05) is 6.54 Å². The highest BCUT2D eigenvalue weighted by atomic mass is 35.5. The predicted octanol–water partition coefficient (Wildman–Crippen LogP) is 2.70. The van der Waals surface area contributed by atoms with Gasteiger partial charge >= 0.3 is 0 Å². The van der Waals surface area contributed by atoms with Gasteiger partial charge in [0.2, 0.25) is 0 Å². The third-order valence-electron chi connectivity index (χ3n) is 2.46. The highest BCUT2D eigenvalue weighted by molar-refractivity contribution is 6.45. The Hall–Kier alpha value is -1.61. The average molecular weight is 250 g/mol. The van der Waals surface area contributed by atoms with Gasteiger partial charge < -0.3 is 4.74 Å². The van der Waals surface area contributed by atoms with Crippen LogP contribution in [0.25, 0.3) is 0 Å². The van der Waals surface area contributed by atoms with Crippen LogP contribution in [0.4, 0.5) is 0 Å². The number of carbonyl (C=O) groups is 1. The number of hydrogen-bond donors (Lipinski definition) is 0. The maximum absolute atomic E-state index is 11.4. The number of dihydropyridines is 1. The minimum atomic E-state index is -0.194. The van der Waals surface area contributed by atoms with Crippen molar-refractivity contribution in [1.82, 2.24) is 0 Å². The number of benzene rings is 1. The third kappa shape index (κ3) is 2.74. The number of nitrogens with zero attached hydrogens (tertiary/aromatic N) is 1. The molecule has 17 heavy (non-hydrogen) atoms. The molecule has 0 saturated carbocycles. The third-order valence-corrected chi connectivity index (χ3v) is 2.84. The lowest BCUT2D eigenvalue weighted by atomic mass is 10.2. The topological polar surface area (TPSA) is 38.7 Å². The van der Waals surface area contributed by atoms with Crippen LogP contribution < -0.4 is 0 Å². The molecule has 0 radical (unpaired) electrons. The maximum atomic E-state index is 11.4. The Balaban J connectivity index is 2.11. The molecule has 0 aliphatic carbocycles. The molecule has 0 spiro atoms. The van der Waals surface area contributed by atoms with E-state index < -0.39 is 0 Å². The monoisotopic (exact) mass is 249 g/mol. The number of allylic oxidation sites excluding steroid dienone is 1. The van der Waals surface area contributed by atoms with E-state index in [-0.39, 0.29) is 17.4 Å². The highest BCUT2D eigenvalue weighted by Gasteiger charge is 2.21. The van der Waals surface area contributed by atoms with Crippen molar-refractivity contribution >= 4 is 23.1 Å². The number of halogens is 1. The van der Waals surface area contributed by atoms with Crippen molar-refractivity contribution in [3.63, 3.8) is 0 Å². The molecule has 0 N–H and O–H groups in total. The smallest absolute Gasteiger partial charge is 0.199 e. The summed E-state index contributed by atoms with van der Waals surface area (Å²) in [4.78, 5) is 15.4. The zero-order valence-electron chi connectivity index (χ0n) is 9.44. The molecule has 0 bridgehead atoms. The molecule has 3 nitrogen and oxygen atoms in total. The second-order valence-electron chi connectivity index (χ2n) is 3.74. The van der Waals surface area contributed by atoms with Crippen LogP contribution in [-0.4, -0.2) is 18.0 Å². The molecule has 2 rings (SSSR count). The number of Topliss-reactive ketones (excluding diaryl/α,β-unsaturated/α-hetero) is 1. The van der Waals surface area contributed by atoms with Gasteiger partial charge in [-0.3, -0.25) is 9.79 Å². The van der Waals surface area contributed by atoms with E-state index in [2.05, 4.69) is 4.99 Å². The standard InChI is InChI=1S/C13H12ClNO2/c1-9-13(12(14)11(16)7-15-9)17-8-10-5-3-2-4-6-10/h2-6H,7-8H2,1H3. The first-order chi connectivity index (χ1) is 8.18. The van der Waals surface area contributed by atoms with Crippen molar-refractivity contribution < 1.29 is 9.53 Å². The Bertz CT molecular complexity index is 491. The quantitative estimate of drug-likeness (QED) is 0.826. The van der Waals surface area contributed by atoms with Gasteiger partial charge in [-0.1, -0.05) is 41.9 Å². The van der Waals surface area contributed by atoms with Crippen molar-refractivity contribution in [3.8, 4) is 0 Å². The van der Waals surface area contributed by atoms with E-state index in [0.29, 0.717) is 18.1 Å². The fourth-order valence-electron chi connectivity index (χ4n) is 1.51. The predicted molar refractivity (Wildman–Crippen MR) is 67.1 cm³/mol. The molecule has 0 amide bonds. The van der Waals surface area contributed by atoms with E-state index in [1.54, 1.807) is 6.92 Å². The molecule has 0 fully saturated rings. The molecule has 0 unspecified atom stereocenters. The van der Waals surface area contributed by atoms with Crippen LogP contribution in [0, 0.1) is 0 Å². The fourth-order valence-corrected chi connectivity index (χ4v) is 1.77. The van der Waals surface area contributed by atoms with Crippen LogP contribution in [-0.2, 0) is 16.1 Å². The van der Waals surface area contributed by atoms with Crippen molar-refractivity contribution in [1.29, 1.82) is 0 Å². The lowest BCUT2D eigenvalue weighted by Gasteiger charge is -2.15. The summed E-state index contributed by atoms with van der Waals surface area (Å²) in [5, 5.41) is 0.147. The van der Waals surface area contributed by atoms with Gasteiger partial charge in [-0.25, -0.2) is 0 Å². The molecule has 0 atom stereocenters. The van der Waals surface area contributed by atoms with Crippen molar-refractivity contribution in [2.24, 2.45) is 4.99 Å². The largest absolute Gasteiger partial charge is 0.485 e. The molecule has 88 valence electrons. The zero-order chi connectivity index (χ0) is 12.3. The number of ketones is 1. The van der Waals surface area contributed by atoms with Crippen LogP contribution in [0.1, 0.15) is 12.5 Å². The van der Waals surface area contributed by atoms with Crippen LogP contribution in [0.5, 0.6) is 0 Å². The van der Waals surface area contributed by atoms with E-state index >= 15 is 0 Å².